The molecule has 5 heterocycles. The number of para-hydroxylation sites is 1. The van der Waals surface area contributed by atoms with Crippen molar-refractivity contribution < 1.29 is 9.26 Å². The number of pyridine rings is 1. The highest BCUT2D eigenvalue weighted by molar-refractivity contribution is 6.15. The molecule has 0 unspecified atom stereocenters. The molecule has 0 bridgehead atoms. The molecule has 2 N–H and O–H groups in total. The first kappa shape index (κ1) is 23.6. The average Bonchev–Trinajstić information content (AvgIpc) is 3.49. The van der Waals surface area contributed by atoms with E-state index in [0.29, 0.717) is 5.82 Å². The molecule has 1 fully saturated rings. The van der Waals surface area contributed by atoms with Crippen LogP contribution in [0.1, 0.15) is 17.3 Å². The minimum absolute atomic E-state index is 0.701. The number of fused-ring (bicyclic) bond motifs is 4. The largest absolute Gasteiger partial charge is 0.496 e. The molecular weight excluding hydrogens is 490 g/mol. The molecule has 0 aliphatic carbocycles. The van der Waals surface area contributed by atoms with E-state index in [1.807, 2.05) is 26.8 Å². The number of rotatable bonds is 4. The zero-order valence-electron chi connectivity index (χ0n) is 22.4. The topological polar surface area (TPSA) is 105 Å². The minimum Gasteiger partial charge on any atom is -0.496 e. The van der Waals surface area contributed by atoms with Gasteiger partial charge in [0, 0.05) is 53.6 Å². The van der Waals surface area contributed by atoms with Crippen molar-refractivity contribution in [1.82, 2.24) is 30.4 Å². The second kappa shape index (κ2) is 9.06. The fourth-order valence-corrected chi connectivity index (χ4v) is 5.78. The third-order valence-corrected chi connectivity index (χ3v) is 7.58. The van der Waals surface area contributed by atoms with Crippen LogP contribution >= 0.6 is 0 Å². The lowest BCUT2D eigenvalue weighted by Crippen LogP contribution is -2.43. The van der Waals surface area contributed by atoms with Gasteiger partial charge in [0.05, 0.1) is 35.0 Å². The molecule has 0 atom stereocenters. The summed E-state index contributed by atoms with van der Waals surface area (Å²) >= 11 is 0. The third kappa shape index (κ3) is 3.80. The van der Waals surface area contributed by atoms with Gasteiger partial charge in [-0.1, -0.05) is 23.4 Å². The Morgan fingerprint density at radius 2 is 1.74 bits per heavy atom. The Kier molecular flexibility index (Phi) is 5.48. The predicted molar refractivity (Wildman–Crippen MR) is 153 cm³/mol. The van der Waals surface area contributed by atoms with Crippen LogP contribution in [-0.4, -0.2) is 58.4 Å². The normalized spacial score (nSPS) is 14.1. The first-order valence-electron chi connectivity index (χ1n) is 13.2. The van der Waals surface area contributed by atoms with Crippen LogP contribution in [0, 0.1) is 20.8 Å². The van der Waals surface area contributed by atoms with Crippen LogP contribution in [0.3, 0.4) is 0 Å². The molecule has 0 spiro atoms. The molecule has 1 saturated heterocycles. The van der Waals surface area contributed by atoms with Crippen molar-refractivity contribution in [2.24, 2.45) is 0 Å². The molecule has 39 heavy (non-hydrogen) atoms. The molecule has 2 aromatic carbocycles. The smallest absolute Gasteiger partial charge is 0.142 e. The predicted octanol–water partition coefficient (Wildman–Crippen LogP) is 5.32. The van der Waals surface area contributed by atoms with Crippen molar-refractivity contribution in [1.29, 1.82) is 0 Å². The van der Waals surface area contributed by atoms with Gasteiger partial charge in [-0.3, -0.25) is 0 Å². The van der Waals surface area contributed by atoms with Gasteiger partial charge in [0.1, 0.15) is 28.8 Å². The van der Waals surface area contributed by atoms with E-state index in [1.54, 1.807) is 7.11 Å². The van der Waals surface area contributed by atoms with Gasteiger partial charge in [-0.05, 0) is 45.0 Å². The number of nitrogens with zero attached hydrogens (tertiary/aromatic N) is 5. The van der Waals surface area contributed by atoms with Crippen molar-refractivity contribution in [2.45, 2.75) is 20.8 Å². The second-order valence-electron chi connectivity index (χ2n) is 10.0. The molecule has 0 radical (unpaired) electrons. The van der Waals surface area contributed by atoms with Crippen LogP contribution in [-0.2, 0) is 0 Å². The van der Waals surface area contributed by atoms with Crippen LogP contribution in [0.2, 0.25) is 0 Å². The number of ether oxygens (including phenoxy) is 1. The number of hydrogen-bond donors (Lipinski definition) is 2. The lowest BCUT2D eigenvalue weighted by atomic mass is 9.98. The first-order chi connectivity index (χ1) is 19.0. The van der Waals surface area contributed by atoms with Gasteiger partial charge in [0.2, 0.25) is 0 Å². The number of methoxy groups -OCH3 is 1. The van der Waals surface area contributed by atoms with E-state index >= 15 is 0 Å². The fourth-order valence-electron chi connectivity index (χ4n) is 5.78. The quantitative estimate of drug-likeness (QED) is 0.322. The summed E-state index contributed by atoms with van der Waals surface area (Å²) in [5.74, 6) is 3.16. The Morgan fingerprint density at radius 1 is 0.923 bits per heavy atom. The second-order valence-corrected chi connectivity index (χ2v) is 10.0. The Bertz CT molecular complexity index is 1860. The van der Waals surface area contributed by atoms with Crippen LogP contribution in [0.4, 0.5) is 5.82 Å². The number of aryl methyl sites for hydroxylation is 3. The van der Waals surface area contributed by atoms with E-state index in [1.165, 1.54) is 0 Å². The number of H-pyrrole nitrogens is 1. The molecule has 6 aromatic rings. The Balaban J connectivity index is 1.52. The molecule has 0 saturated carbocycles. The molecule has 196 valence electrons. The van der Waals surface area contributed by atoms with Crippen LogP contribution < -0.4 is 15.0 Å². The van der Waals surface area contributed by atoms with Crippen LogP contribution in [0.5, 0.6) is 5.75 Å². The maximum Gasteiger partial charge on any atom is 0.142 e. The summed E-state index contributed by atoms with van der Waals surface area (Å²) in [5, 5.41) is 10.6. The lowest BCUT2D eigenvalue weighted by molar-refractivity contribution is 0.393. The van der Waals surface area contributed by atoms with Gasteiger partial charge in [-0.25, -0.2) is 15.0 Å². The molecule has 7 rings (SSSR count). The van der Waals surface area contributed by atoms with Crippen molar-refractivity contribution >= 4 is 38.7 Å². The SMILES string of the molecule is COc1cc2c(cc1-c1c(C)noc1C)[nH]c1nc(C)nc(-c3cc(N4CCNCC4)nc4ccccc34)c12. The first-order valence-corrected chi connectivity index (χ1v) is 13.2. The van der Waals surface area contributed by atoms with Gasteiger partial charge in [-0.15, -0.1) is 0 Å². The minimum atomic E-state index is 0.701. The molecule has 4 aromatic heterocycles. The lowest BCUT2D eigenvalue weighted by Gasteiger charge is -2.29. The van der Waals surface area contributed by atoms with Gasteiger partial charge in [-0.2, -0.15) is 0 Å². The maximum atomic E-state index is 5.90. The summed E-state index contributed by atoms with van der Waals surface area (Å²) in [6.45, 7) is 9.51. The summed E-state index contributed by atoms with van der Waals surface area (Å²) in [7, 11) is 1.69. The summed E-state index contributed by atoms with van der Waals surface area (Å²) < 4.78 is 11.4. The van der Waals surface area contributed by atoms with E-state index < -0.39 is 0 Å². The van der Waals surface area contributed by atoms with E-state index in [-0.39, 0.29) is 0 Å². The standard InChI is InChI=1S/C30H29N7O2/c1-16-27(17(2)39-36-16)22-13-24-21(14-25(22)38-4)28-29(32-18(3)33-30(28)35-24)20-15-26(37-11-9-31-10-12-37)34-23-8-6-5-7-19(20)23/h5-8,13-15,31H,9-12H2,1-4H3,(H,32,33,35). The monoisotopic (exact) mass is 519 g/mol. The Labute approximate surface area is 225 Å². The number of aromatic amines is 1. The molecule has 9 heteroatoms. The van der Waals surface area contributed by atoms with Crippen molar-refractivity contribution in [3.8, 4) is 28.1 Å². The van der Waals surface area contributed by atoms with Gasteiger partial charge < -0.3 is 24.5 Å². The number of piperazine rings is 1. The van der Waals surface area contributed by atoms with Gasteiger partial charge in [0.15, 0.2) is 0 Å². The number of aromatic nitrogens is 5. The number of nitrogens with one attached hydrogen (secondary N) is 2. The highest BCUT2D eigenvalue weighted by atomic mass is 16.5. The fraction of sp³-hybridized carbons (Fsp3) is 0.267. The highest BCUT2D eigenvalue weighted by Gasteiger charge is 2.23. The van der Waals surface area contributed by atoms with Gasteiger partial charge in [0.25, 0.3) is 0 Å². The summed E-state index contributed by atoms with van der Waals surface area (Å²) in [6.07, 6.45) is 0. The number of hydrogen-bond acceptors (Lipinski definition) is 8. The van der Waals surface area contributed by atoms with Crippen LogP contribution in [0.15, 0.2) is 47.0 Å². The third-order valence-electron chi connectivity index (χ3n) is 7.58. The summed E-state index contributed by atoms with van der Waals surface area (Å²) in [4.78, 5) is 20.8. The van der Waals surface area contributed by atoms with E-state index in [0.717, 1.165) is 104 Å². The summed E-state index contributed by atoms with van der Waals surface area (Å²) in [5.41, 5.74) is 7.29. The highest BCUT2D eigenvalue weighted by Crippen LogP contribution is 2.42. The average molecular weight is 520 g/mol. The van der Waals surface area contributed by atoms with Crippen molar-refractivity contribution in [3.63, 3.8) is 0 Å². The van der Waals surface area contributed by atoms with Gasteiger partial charge >= 0.3 is 0 Å². The molecule has 1 aliphatic heterocycles. The number of anilines is 1. The Morgan fingerprint density at radius 3 is 2.51 bits per heavy atom. The molecule has 9 nitrogen and oxygen atoms in total. The zero-order chi connectivity index (χ0) is 26.7. The van der Waals surface area contributed by atoms with E-state index in [2.05, 4.69) is 56.8 Å². The molecular formula is C30H29N7O2. The van der Waals surface area contributed by atoms with E-state index in [4.69, 9.17) is 24.2 Å². The molecule has 1 aliphatic rings. The Hall–Kier alpha value is -4.50. The summed E-state index contributed by atoms with van der Waals surface area (Å²) in [6, 6.07) is 14.6. The van der Waals surface area contributed by atoms with Crippen LogP contribution in [0.25, 0.3) is 55.2 Å². The maximum absolute atomic E-state index is 5.90. The van der Waals surface area contributed by atoms with E-state index in [9.17, 15) is 0 Å². The zero-order valence-corrected chi connectivity index (χ0v) is 22.4. The van der Waals surface area contributed by atoms with Crippen molar-refractivity contribution in [3.05, 3.63) is 59.7 Å². The molecule has 0 amide bonds. The van der Waals surface area contributed by atoms with Crippen molar-refractivity contribution in [2.75, 3.05) is 38.2 Å². The number of benzene rings is 2.